The summed E-state index contributed by atoms with van der Waals surface area (Å²) < 4.78 is 25.2. The lowest BCUT2D eigenvalue weighted by Gasteiger charge is -1.98. The molecular formula is C17H13FN6O3. The first-order valence-electron chi connectivity index (χ1n) is 7.96. The normalized spacial score (nSPS) is 11.1. The van der Waals surface area contributed by atoms with E-state index in [0.29, 0.717) is 16.9 Å². The zero-order valence-electron chi connectivity index (χ0n) is 14.4. The van der Waals surface area contributed by atoms with Crippen LogP contribution in [-0.4, -0.2) is 35.7 Å². The molecule has 136 valence electrons. The third-order valence-electron chi connectivity index (χ3n) is 3.84. The average Bonchev–Trinajstić information content (AvgIpc) is 3.30. The van der Waals surface area contributed by atoms with E-state index in [4.69, 9.17) is 9.26 Å². The maximum atomic E-state index is 13.7. The monoisotopic (exact) mass is 368 g/mol. The molecule has 4 aromatic rings. The largest absolute Gasteiger partial charge is 0.450 e. The number of hydrogen-bond donors (Lipinski definition) is 0. The molecule has 0 radical (unpaired) electrons. The van der Waals surface area contributed by atoms with Crippen LogP contribution in [-0.2, 0) is 11.3 Å². The number of fused-ring (bicyclic) bond motifs is 1. The lowest BCUT2D eigenvalue weighted by molar-refractivity contribution is 0.0415. The maximum absolute atomic E-state index is 13.7. The van der Waals surface area contributed by atoms with Crippen molar-refractivity contribution in [3.63, 3.8) is 0 Å². The zero-order valence-corrected chi connectivity index (χ0v) is 14.4. The Kier molecular flexibility index (Phi) is 4.07. The van der Waals surface area contributed by atoms with Crippen LogP contribution >= 0.6 is 0 Å². The Bertz CT molecular complexity index is 1150. The molecular weight excluding hydrogens is 355 g/mol. The summed E-state index contributed by atoms with van der Waals surface area (Å²) in [6, 6.07) is 6.34. The molecule has 0 unspecified atom stereocenters. The SMILES string of the molecule is Cc1ccc(-c2noc(COC(=O)c3nc4nccc(C)n4n3)n2)cc1F. The van der Waals surface area contributed by atoms with Crippen molar-refractivity contribution in [3.8, 4) is 11.4 Å². The first-order valence-corrected chi connectivity index (χ1v) is 7.96. The molecule has 0 bridgehead atoms. The van der Waals surface area contributed by atoms with Crippen molar-refractivity contribution in [1.29, 1.82) is 0 Å². The zero-order chi connectivity index (χ0) is 19.0. The van der Waals surface area contributed by atoms with E-state index in [1.807, 2.05) is 6.92 Å². The predicted molar refractivity (Wildman–Crippen MR) is 89.1 cm³/mol. The second-order valence-electron chi connectivity index (χ2n) is 5.79. The molecule has 4 rings (SSSR count). The van der Waals surface area contributed by atoms with Crippen LogP contribution in [0.1, 0.15) is 27.8 Å². The highest BCUT2D eigenvalue weighted by atomic mass is 19.1. The second-order valence-corrected chi connectivity index (χ2v) is 5.79. The summed E-state index contributed by atoms with van der Waals surface area (Å²) in [6.07, 6.45) is 1.57. The van der Waals surface area contributed by atoms with Gasteiger partial charge < -0.3 is 9.26 Å². The van der Waals surface area contributed by atoms with Crippen molar-refractivity contribution in [2.45, 2.75) is 20.5 Å². The van der Waals surface area contributed by atoms with Crippen molar-refractivity contribution >= 4 is 11.7 Å². The average molecular weight is 368 g/mol. The molecule has 0 saturated carbocycles. The van der Waals surface area contributed by atoms with Gasteiger partial charge in [-0.15, -0.1) is 5.10 Å². The predicted octanol–water partition coefficient (Wildman–Crippen LogP) is 2.29. The molecule has 0 amide bonds. The Morgan fingerprint density at radius 3 is 2.89 bits per heavy atom. The molecule has 0 fully saturated rings. The van der Waals surface area contributed by atoms with E-state index in [9.17, 15) is 9.18 Å². The van der Waals surface area contributed by atoms with E-state index in [1.165, 1.54) is 10.6 Å². The Balaban J connectivity index is 1.46. The van der Waals surface area contributed by atoms with Crippen molar-refractivity contribution < 1.29 is 18.4 Å². The number of benzene rings is 1. The summed E-state index contributed by atoms with van der Waals surface area (Å²) in [7, 11) is 0. The number of nitrogens with zero attached hydrogens (tertiary/aromatic N) is 6. The fraction of sp³-hybridized carbons (Fsp3) is 0.176. The number of esters is 1. The molecule has 3 heterocycles. The number of aryl methyl sites for hydroxylation is 2. The van der Waals surface area contributed by atoms with Gasteiger partial charge in [0.05, 0.1) is 0 Å². The van der Waals surface area contributed by atoms with Crippen LogP contribution in [0.25, 0.3) is 17.2 Å². The molecule has 27 heavy (non-hydrogen) atoms. The van der Waals surface area contributed by atoms with E-state index < -0.39 is 5.97 Å². The highest BCUT2D eigenvalue weighted by Gasteiger charge is 2.18. The van der Waals surface area contributed by atoms with Gasteiger partial charge in [0.25, 0.3) is 17.5 Å². The minimum atomic E-state index is -0.749. The molecule has 10 heteroatoms. The summed E-state index contributed by atoms with van der Waals surface area (Å²) in [5.41, 5.74) is 1.75. The van der Waals surface area contributed by atoms with Gasteiger partial charge in [0, 0.05) is 17.5 Å². The standard InChI is InChI=1S/C17H13FN6O3/c1-9-3-4-11(7-12(9)18)14-20-13(27-23-14)8-26-16(25)15-21-17-19-6-5-10(2)24(17)22-15/h3-7H,8H2,1-2H3. The van der Waals surface area contributed by atoms with Crippen LogP contribution < -0.4 is 0 Å². The van der Waals surface area contributed by atoms with Crippen LogP contribution in [0.4, 0.5) is 4.39 Å². The van der Waals surface area contributed by atoms with Gasteiger partial charge in [-0.2, -0.15) is 9.97 Å². The van der Waals surface area contributed by atoms with Crippen LogP contribution in [0.2, 0.25) is 0 Å². The van der Waals surface area contributed by atoms with Crippen molar-refractivity contribution in [2.75, 3.05) is 0 Å². The molecule has 1 aromatic carbocycles. The highest BCUT2D eigenvalue weighted by molar-refractivity contribution is 5.85. The molecule has 0 aliphatic rings. The summed E-state index contributed by atoms with van der Waals surface area (Å²) in [5, 5.41) is 7.82. The molecule has 0 N–H and O–H groups in total. The topological polar surface area (TPSA) is 108 Å². The summed E-state index contributed by atoms with van der Waals surface area (Å²) in [6.45, 7) is 3.21. The minimum absolute atomic E-state index is 0.0670. The number of rotatable bonds is 4. The first-order chi connectivity index (χ1) is 13.0. The summed E-state index contributed by atoms with van der Waals surface area (Å²) >= 11 is 0. The lowest BCUT2D eigenvalue weighted by Crippen LogP contribution is -2.08. The van der Waals surface area contributed by atoms with Gasteiger partial charge in [-0.1, -0.05) is 17.3 Å². The lowest BCUT2D eigenvalue weighted by atomic mass is 10.1. The summed E-state index contributed by atoms with van der Waals surface area (Å²) in [5.74, 6) is -0.684. The van der Waals surface area contributed by atoms with Crippen molar-refractivity contribution in [1.82, 2.24) is 29.7 Å². The Morgan fingerprint density at radius 1 is 1.26 bits per heavy atom. The number of aromatic nitrogens is 6. The van der Waals surface area contributed by atoms with E-state index in [0.717, 1.165) is 5.69 Å². The van der Waals surface area contributed by atoms with Crippen LogP contribution in [0.5, 0.6) is 0 Å². The smallest absolute Gasteiger partial charge is 0.378 e. The van der Waals surface area contributed by atoms with Gasteiger partial charge in [-0.25, -0.2) is 18.7 Å². The molecule has 3 aromatic heterocycles. The van der Waals surface area contributed by atoms with E-state index in [-0.39, 0.29) is 30.0 Å². The molecule has 0 atom stereocenters. The van der Waals surface area contributed by atoms with Crippen molar-refractivity contribution in [3.05, 3.63) is 59.3 Å². The van der Waals surface area contributed by atoms with E-state index in [1.54, 1.807) is 31.3 Å². The third kappa shape index (κ3) is 3.24. The highest BCUT2D eigenvalue weighted by Crippen LogP contribution is 2.19. The number of carbonyl (C=O) groups excluding carboxylic acids is 1. The van der Waals surface area contributed by atoms with Gasteiger partial charge in [0.15, 0.2) is 6.61 Å². The van der Waals surface area contributed by atoms with Crippen LogP contribution in [0.15, 0.2) is 35.0 Å². The maximum Gasteiger partial charge on any atom is 0.378 e. The molecule has 0 saturated heterocycles. The van der Waals surface area contributed by atoms with Gasteiger partial charge in [-0.3, -0.25) is 0 Å². The minimum Gasteiger partial charge on any atom is -0.450 e. The second kappa shape index (κ2) is 6.56. The molecule has 0 spiro atoms. The molecule has 0 aliphatic heterocycles. The molecule has 9 nitrogen and oxygen atoms in total. The van der Waals surface area contributed by atoms with Gasteiger partial charge in [0.2, 0.25) is 5.82 Å². The van der Waals surface area contributed by atoms with E-state index in [2.05, 4.69) is 25.2 Å². The van der Waals surface area contributed by atoms with Gasteiger partial charge in [-0.05, 0) is 31.5 Å². The Hall–Kier alpha value is -3.69. The quantitative estimate of drug-likeness (QED) is 0.505. The number of ether oxygens (including phenoxy) is 1. The van der Waals surface area contributed by atoms with E-state index >= 15 is 0 Å². The Morgan fingerprint density at radius 2 is 2.11 bits per heavy atom. The van der Waals surface area contributed by atoms with Crippen molar-refractivity contribution in [2.24, 2.45) is 0 Å². The van der Waals surface area contributed by atoms with Gasteiger partial charge in [0.1, 0.15) is 5.82 Å². The van der Waals surface area contributed by atoms with Gasteiger partial charge >= 0.3 is 5.97 Å². The first kappa shape index (κ1) is 16.8. The summed E-state index contributed by atoms with van der Waals surface area (Å²) in [4.78, 5) is 24.3. The van der Waals surface area contributed by atoms with Crippen LogP contribution in [0, 0.1) is 19.7 Å². The fourth-order valence-electron chi connectivity index (χ4n) is 2.35. The number of halogens is 1. The number of hydrogen-bond acceptors (Lipinski definition) is 8. The fourth-order valence-corrected chi connectivity index (χ4v) is 2.35. The molecule has 0 aliphatic carbocycles. The third-order valence-corrected chi connectivity index (χ3v) is 3.84. The van der Waals surface area contributed by atoms with Crippen LogP contribution in [0.3, 0.4) is 0 Å². The Labute approximate surface area is 151 Å². The number of carbonyl (C=O) groups is 1.